The molecule has 0 amide bonds. The van der Waals surface area contributed by atoms with Crippen LogP contribution in [0.5, 0.6) is 5.75 Å². The fourth-order valence-electron chi connectivity index (χ4n) is 2.00. The molecule has 0 aliphatic carbocycles. The summed E-state index contributed by atoms with van der Waals surface area (Å²) >= 11 is 8.84. The first kappa shape index (κ1) is 15.2. The summed E-state index contributed by atoms with van der Waals surface area (Å²) in [6.45, 7) is 4.73. The van der Waals surface area contributed by atoms with Gasteiger partial charge in [-0.25, -0.2) is 4.98 Å². The number of para-hydroxylation sites is 1. The molecule has 1 N–H and O–H groups in total. The van der Waals surface area contributed by atoms with Gasteiger partial charge in [0.1, 0.15) is 16.2 Å². The Labute approximate surface area is 132 Å². The molecule has 2 rings (SSSR count). The lowest BCUT2D eigenvalue weighted by Crippen LogP contribution is -2.00. The fourth-order valence-corrected chi connectivity index (χ4v) is 2.60. The van der Waals surface area contributed by atoms with E-state index in [1.807, 2.05) is 31.2 Å². The zero-order valence-corrected chi connectivity index (χ0v) is 14.0. The van der Waals surface area contributed by atoms with Crippen molar-refractivity contribution in [2.75, 3.05) is 6.61 Å². The van der Waals surface area contributed by atoms with E-state index in [0.717, 1.165) is 40.1 Å². The number of halogens is 1. The first-order valence-corrected chi connectivity index (χ1v) is 7.88. The van der Waals surface area contributed by atoms with Gasteiger partial charge in [0.05, 0.1) is 16.6 Å². The van der Waals surface area contributed by atoms with E-state index in [1.165, 1.54) is 0 Å². The van der Waals surface area contributed by atoms with Gasteiger partial charge in [-0.1, -0.05) is 37.7 Å². The molecule has 0 aliphatic heterocycles. The number of aromatic amines is 1. The molecule has 20 heavy (non-hydrogen) atoms. The zero-order chi connectivity index (χ0) is 14.5. The van der Waals surface area contributed by atoms with Crippen LogP contribution in [0.3, 0.4) is 0 Å². The summed E-state index contributed by atoms with van der Waals surface area (Å²) in [5.74, 6) is 1.57. The van der Waals surface area contributed by atoms with E-state index in [-0.39, 0.29) is 0 Å². The first-order valence-electron chi connectivity index (χ1n) is 6.68. The molecule has 1 heterocycles. The molecule has 0 bridgehead atoms. The van der Waals surface area contributed by atoms with E-state index in [9.17, 15) is 0 Å². The number of ether oxygens (including phenoxy) is 1. The Morgan fingerprint density at radius 3 is 2.75 bits per heavy atom. The Hall–Kier alpha value is -1.20. The number of aromatic nitrogens is 2. The van der Waals surface area contributed by atoms with Crippen LogP contribution in [0.4, 0.5) is 0 Å². The maximum atomic E-state index is 5.66. The summed E-state index contributed by atoms with van der Waals surface area (Å²) in [6, 6.07) is 7.86. The van der Waals surface area contributed by atoms with Crippen molar-refractivity contribution in [3.8, 4) is 17.1 Å². The number of H-pyrrole nitrogens is 1. The van der Waals surface area contributed by atoms with Crippen molar-refractivity contribution in [2.45, 2.75) is 26.7 Å². The second-order valence-corrected chi connectivity index (χ2v) is 5.54. The van der Waals surface area contributed by atoms with Gasteiger partial charge in [0, 0.05) is 5.69 Å². The topological polar surface area (TPSA) is 37.9 Å². The monoisotopic (exact) mass is 352 g/mol. The normalized spacial score (nSPS) is 10.6. The second-order valence-electron chi connectivity index (χ2n) is 4.36. The van der Waals surface area contributed by atoms with Crippen LogP contribution in [0.25, 0.3) is 11.4 Å². The predicted molar refractivity (Wildman–Crippen MR) is 87.7 cm³/mol. The largest absolute Gasteiger partial charge is 0.493 e. The number of hydrogen-bond acceptors (Lipinski definition) is 3. The average Bonchev–Trinajstić information content (AvgIpc) is 2.45. The van der Waals surface area contributed by atoms with Crippen LogP contribution >= 0.6 is 28.1 Å². The smallest absolute Gasteiger partial charge is 0.144 e. The summed E-state index contributed by atoms with van der Waals surface area (Å²) < 4.78 is 7.11. The molecule has 0 aliphatic rings. The first-order chi connectivity index (χ1) is 9.67. The molecule has 1 aromatic carbocycles. The minimum absolute atomic E-state index is 0.577. The summed E-state index contributed by atoms with van der Waals surface area (Å²) in [5, 5.41) is 0. The van der Waals surface area contributed by atoms with Gasteiger partial charge in [0.2, 0.25) is 0 Å². The highest BCUT2D eigenvalue weighted by molar-refractivity contribution is 9.10. The van der Waals surface area contributed by atoms with Crippen molar-refractivity contribution in [3.63, 3.8) is 0 Å². The van der Waals surface area contributed by atoms with E-state index in [2.05, 4.69) is 32.8 Å². The Morgan fingerprint density at radius 2 is 2.05 bits per heavy atom. The Kier molecular flexibility index (Phi) is 5.31. The van der Waals surface area contributed by atoms with Gasteiger partial charge in [-0.3, -0.25) is 0 Å². The fraction of sp³-hybridized carbons (Fsp3) is 0.333. The molecule has 0 radical (unpaired) electrons. The molecule has 1 aromatic heterocycles. The molecular weight excluding hydrogens is 336 g/mol. The maximum absolute atomic E-state index is 5.66. The lowest BCUT2D eigenvalue weighted by atomic mass is 10.1. The molecule has 0 spiro atoms. The summed E-state index contributed by atoms with van der Waals surface area (Å²) in [4.78, 5) is 7.83. The van der Waals surface area contributed by atoms with Gasteiger partial charge in [-0.2, -0.15) is 0 Å². The van der Waals surface area contributed by atoms with Crippen LogP contribution in [0.15, 0.2) is 28.7 Å². The van der Waals surface area contributed by atoms with Gasteiger partial charge in [-0.15, -0.1) is 0 Å². The number of nitrogens with zero attached hydrogens (tertiary/aromatic N) is 1. The van der Waals surface area contributed by atoms with Crippen molar-refractivity contribution in [3.05, 3.63) is 39.1 Å². The molecule has 0 unspecified atom stereocenters. The van der Waals surface area contributed by atoms with Crippen molar-refractivity contribution in [2.24, 2.45) is 0 Å². The van der Waals surface area contributed by atoms with Crippen LogP contribution in [0.2, 0.25) is 0 Å². The number of nitrogens with one attached hydrogen (secondary N) is 1. The van der Waals surface area contributed by atoms with Gasteiger partial charge in [0.15, 0.2) is 0 Å². The number of hydrogen-bond donors (Lipinski definition) is 1. The Balaban J connectivity index is 2.55. The standard InChI is InChI=1S/C15H17BrN2OS/c1-3-7-11-13(16)15(20)18-14(17-11)10-8-5-6-9-12(10)19-4-2/h5-6,8-9H,3-4,7H2,1-2H3,(H,17,18,20). The molecule has 0 atom stereocenters. The van der Waals surface area contributed by atoms with Gasteiger partial charge < -0.3 is 9.72 Å². The molecule has 0 saturated carbocycles. The Bertz CT molecular complexity index is 655. The van der Waals surface area contributed by atoms with Crippen LogP contribution in [0, 0.1) is 4.64 Å². The van der Waals surface area contributed by atoms with E-state index < -0.39 is 0 Å². The molecule has 0 saturated heterocycles. The van der Waals surface area contributed by atoms with Gasteiger partial charge >= 0.3 is 0 Å². The highest BCUT2D eigenvalue weighted by Crippen LogP contribution is 2.29. The second kappa shape index (κ2) is 6.99. The molecular formula is C15H17BrN2OS. The third-order valence-electron chi connectivity index (χ3n) is 2.88. The SMILES string of the molecule is CCCc1[nH]c(-c2ccccc2OCC)nc(=S)c1Br. The minimum Gasteiger partial charge on any atom is -0.493 e. The summed E-state index contributed by atoms with van der Waals surface area (Å²) in [5.41, 5.74) is 2.01. The van der Waals surface area contributed by atoms with Crippen molar-refractivity contribution in [1.29, 1.82) is 0 Å². The molecule has 3 nitrogen and oxygen atoms in total. The number of benzene rings is 1. The van der Waals surface area contributed by atoms with Crippen LogP contribution in [-0.2, 0) is 6.42 Å². The predicted octanol–water partition coefficient (Wildman–Crippen LogP) is 4.92. The minimum atomic E-state index is 0.577. The Morgan fingerprint density at radius 1 is 1.30 bits per heavy atom. The molecule has 0 fully saturated rings. The molecule has 5 heteroatoms. The van der Waals surface area contributed by atoms with E-state index in [4.69, 9.17) is 17.0 Å². The van der Waals surface area contributed by atoms with Gasteiger partial charge in [0.25, 0.3) is 0 Å². The molecule has 106 valence electrons. The highest BCUT2D eigenvalue weighted by atomic mass is 79.9. The third-order valence-corrected chi connectivity index (χ3v) is 4.29. The van der Waals surface area contributed by atoms with E-state index in [0.29, 0.717) is 11.2 Å². The third kappa shape index (κ3) is 3.27. The highest BCUT2D eigenvalue weighted by Gasteiger charge is 2.11. The quantitative estimate of drug-likeness (QED) is 0.776. The van der Waals surface area contributed by atoms with Gasteiger partial charge in [-0.05, 0) is 41.4 Å². The van der Waals surface area contributed by atoms with E-state index >= 15 is 0 Å². The van der Waals surface area contributed by atoms with Crippen molar-refractivity contribution < 1.29 is 4.74 Å². The van der Waals surface area contributed by atoms with E-state index in [1.54, 1.807) is 0 Å². The molecule has 2 aromatic rings. The van der Waals surface area contributed by atoms with Crippen molar-refractivity contribution >= 4 is 28.1 Å². The van der Waals surface area contributed by atoms with Crippen LogP contribution in [-0.4, -0.2) is 16.6 Å². The lowest BCUT2D eigenvalue weighted by molar-refractivity contribution is 0.341. The zero-order valence-electron chi connectivity index (χ0n) is 11.6. The average molecular weight is 353 g/mol. The van der Waals surface area contributed by atoms with Crippen LogP contribution < -0.4 is 4.74 Å². The maximum Gasteiger partial charge on any atom is 0.144 e. The number of aryl methyl sites for hydroxylation is 1. The summed E-state index contributed by atoms with van der Waals surface area (Å²) in [7, 11) is 0. The van der Waals surface area contributed by atoms with Crippen molar-refractivity contribution in [1.82, 2.24) is 9.97 Å². The van der Waals surface area contributed by atoms with Crippen LogP contribution in [0.1, 0.15) is 26.0 Å². The lowest BCUT2D eigenvalue weighted by Gasteiger charge is -2.12. The number of rotatable bonds is 5. The summed E-state index contributed by atoms with van der Waals surface area (Å²) in [6.07, 6.45) is 1.97.